The van der Waals surface area contributed by atoms with Gasteiger partial charge in [-0.3, -0.25) is 0 Å². The summed E-state index contributed by atoms with van der Waals surface area (Å²) in [6, 6.07) is 7.27. The topological polar surface area (TPSA) is 76.9 Å². The number of piperidine rings is 1. The highest BCUT2D eigenvalue weighted by atomic mass is 35.5. The predicted octanol–water partition coefficient (Wildman–Crippen LogP) is 4.17. The fourth-order valence-electron chi connectivity index (χ4n) is 3.60. The van der Waals surface area contributed by atoms with Crippen LogP contribution in [-0.2, 0) is 0 Å². The fourth-order valence-corrected chi connectivity index (χ4v) is 3.80. The Kier molecular flexibility index (Phi) is 5.70. The lowest BCUT2D eigenvalue weighted by Gasteiger charge is -2.29. The fraction of sp³-hybridized carbons (Fsp3) is 0.421. The van der Waals surface area contributed by atoms with E-state index < -0.39 is 6.36 Å². The molecule has 3 aromatic rings. The summed E-state index contributed by atoms with van der Waals surface area (Å²) in [5.41, 5.74) is 1.15. The van der Waals surface area contributed by atoms with Gasteiger partial charge in [0.2, 0.25) is 0 Å². The third kappa shape index (κ3) is 4.59. The van der Waals surface area contributed by atoms with Crippen molar-refractivity contribution in [2.75, 3.05) is 18.4 Å². The molecule has 2 N–H and O–H groups in total. The van der Waals surface area contributed by atoms with Gasteiger partial charge in [0, 0.05) is 12.1 Å². The monoisotopic (exact) mass is 440 g/mol. The van der Waals surface area contributed by atoms with Crippen molar-refractivity contribution >= 4 is 28.6 Å². The summed E-state index contributed by atoms with van der Waals surface area (Å²) >= 11 is 6.38. The molecule has 30 heavy (non-hydrogen) atoms. The lowest BCUT2D eigenvalue weighted by atomic mass is 9.91. The second-order valence-electron chi connectivity index (χ2n) is 7.23. The van der Waals surface area contributed by atoms with Gasteiger partial charge in [0.05, 0.1) is 10.7 Å². The van der Waals surface area contributed by atoms with Gasteiger partial charge in [-0.25, -0.2) is 4.98 Å². The summed E-state index contributed by atoms with van der Waals surface area (Å²) in [6.45, 7) is 4.04. The molecular formula is C19H20ClF3N6O. The number of pyridine rings is 1. The van der Waals surface area contributed by atoms with Crippen LogP contribution in [0, 0.1) is 5.92 Å². The van der Waals surface area contributed by atoms with Gasteiger partial charge >= 0.3 is 6.36 Å². The number of halogens is 4. The molecule has 7 nitrogen and oxygen atoms in total. The first-order chi connectivity index (χ1) is 14.3. The molecule has 0 bridgehead atoms. The minimum Gasteiger partial charge on any atom is -0.406 e. The van der Waals surface area contributed by atoms with E-state index in [1.165, 1.54) is 22.9 Å². The number of fused-ring (bicyclic) bond motifs is 1. The molecule has 11 heteroatoms. The van der Waals surface area contributed by atoms with Gasteiger partial charge in [0.1, 0.15) is 17.1 Å². The zero-order valence-corrected chi connectivity index (χ0v) is 16.8. The van der Waals surface area contributed by atoms with Crippen LogP contribution in [0.3, 0.4) is 0 Å². The largest absolute Gasteiger partial charge is 0.573 e. The third-order valence-electron chi connectivity index (χ3n) is 5.13. The van der Waals surface area contributed by atoms with E-state index in [9.17, 15) is 13.2 Å². The molecule has 1 aromatic carbocycles. The first-order valence-electron chi connectivity index (χ1n) is 9.55. The van der Waals surface area contributed by atoms with Crippen LogP contribution in [0.1, 0.15) is 19.8 Å². The highest BCUT2D eigenvalue weighted by Gasteiger charge is 2.31. The molecule has 0 radical (unpaired) electrons. The maximum Gasteiger partial charge on any atom is 0.573 e. The van der Waals surface area contributed by atoms with Crippen molar-refractivity contribution in [3.8, 4) is 11.4 Å². The van der Waals surface area contributed by atoms with Crippen LogP contribution >= 0.6 is 11.6 Å². The molecule has 0 spiro atoms. The van der Waals surface area contributed by atoms with Crippen LogP contribution in [-0.4, -0.2) is 45.5 Å². The van der Waals surface area contributed by atoms with Crippen molar-refractivity contribution in [3.63, 3.8) is 0 Å². The number of rotatable bonds is 5. The molecule has 1 saturated heterocycles. The Labute approximate surface area is 175 Å². The smallest absolute Gasteiger partial charge is 0.406 e. The Balaban J connectivity index is 1.64. The molecule has 0 saturated carbocycles. The van der Waals surface area contributed by atoms with E-state index in [0.717, 1.165) is 25.9 Å². The number of aromatic nitrogens is 4. The summed E-state index contributed by atoms with van der Waals surface area (Å²) in [6.07, 6.45) is -2.67. The van der Waals surface area contributed by atoms with Crippen molar-refractivity contribution in [2.24, 2.45) is 5.92 Å². The number of anilines is 1. The summed E-state index contributed by atoms with van der Waals surface area (Å²) < 4.78 is 43.0. The zero-order valence-electron chi connectivity index (χ0n) is 16.1. The van der Waals surface area contributed by atoms with Crippen LogP contribution in [0.2, 0.25) is 5.02 Å². The minimum absolute atomic E-state index is 0.155. The van der Waals surface area contributed by atoms with Crippen molar-refractivity contribution in [2.45, 2.75) is 32.2 Å². The van der Waals surface area contributed by atoms with Gasteiger partial charge in [-0.05, 0) is 57.0 Å². The maximum absolute atomic E-state index is 12.5. The number of benzene rings is 1. The van der Waals surface area contributed by atoms with Crippen molar-refractivity contribution in [1.29, 1.82) is 0 Å². The Hall–Kier alpha value is -2.59. The highest BCUT2D eigenvalue weighted by Crippen LogP contribution is 2.29. The van der Waals surface area contributed by atoms with E-state index in [1.807, 2.05) is 0 Å². The van der Waals surface area contributed by atoms with E-state index in [4.69, 9.17) is 11.6 Å². The normalized spacial score (nSPS) is 16.6. The zero-order chi connectivity index (χ0) is 21.3. The number of ether oxygens (including phenoxy) is 1. The lowest BCUT2D eigenvalue weighted by Crippen LogP contribution is -2.36. The lowest BCUT2D eigenvalue weighted by molar-refractivity contribution is -0.274. The van der Waals surface area contributed by atoms with Gasteiger partial charge in [0.25, 0.3) is 0 Å². The first kappa shape index (κ1) is 20.7. The van der Waals surface area contributed by atoms with Gasteiger partial charge < -0.3 is 15.4 Å². The number of hydrogen-bond donors (Lipinski definition) is 2. The molecule has 1 unspecified atom stereocenters. The maximum atomic E-state index is 12.5. The van der Waals surface area contributed by atoms with Gasteiger partial charge in [-0.15, -0.1) is 18.3 Å². The second kappa shape index (κ2) is 8.27. The Bertz CT molecular complexity index is 1030. The average molecular weight is 441 g/mol. The molecular weight excluding hydrogens is 421 g/mol. The molecule has 3 heterocycles. The van der Waals surface area contributed by atoms with E-state index >= 15 is 0 Å². The van der Waals surface area contributed by atoms with Crippen LogP contribution in [0.15, 0.2) is 30.3 Å². The Morgan fingerprint density at radius 2 is 2.03 bits per heavy atom. The van der Waals surface area contributed by atoms with E-state index in [0.29, 0.717) is 33.6 Å². The average Bonchev–Trinajstić information content (AvgIpc) is 3.10. The Morgan fingerprint density at radius 1 is 1.27 bits per heavy atom. The molecule has 1 atom stereocenters. The third-order valence-corrected chi connectivity index (χ3v) is 5.42. The molecule has 1 fully saturated rings. The molecule has 1 aliphatic heterocycles. The minimum atomic E-state index is -4.78. The number of nitrogens with one attached hydrogen (secondary N) is 2. The Morgan fingerprint density at radius 3 is 2.77 bits per heavy atom. The van der Waals surface area contributed by atoms with Crippen LogP contribution < -0.4 is 15.4 Å². The summed E-state index contributed by atoms with van der Waals surface area (Å²) in [5, 5.41) is 15.2. The van der Waals surface area contributed by atoms with Gasteiger partial charge in [-0.1, -0.05) is 22.9 Å². The standard InChI is InChI=1S/C19H20ClF3N6O/c1-11(12-5-7-24-8-6-12)25-17-15(20)10-16-18(26-17)29(28-27-16)13-3-2-4-14(9-13)30-19(21,22)23/h2-4,9-12,24H,5-8H2,1H3,(H,25,26). The van der Waals surface area contributed by atoms with Crippen molar-refractivity contribution in [1.82, 2.24) is 25.3 Å². The number of alkyl halides is 3. The summed E-state index contributed by atoms with van der Waals surface area (Å²) in [4.78, 5) is 4.57. The highest BCUT2D eigenvalue weighted by molar-refractivity contribution is 6.33. The van der Waals surface area contributed by atoms with Crippen molar-refractivity contribution in [3.05, 3.63) is 35.4 Å². The van der Waals surface area contributed by atoms with E-state index in [1.54, 1.807) is 12.1 Å². The molecule has 160 valence electrons. The SMILES string of the molecule is CC(Nc1nc2c(cc1Cl)nnn2-c1cccc(OC(F)(F)F)c1)C1CCNCC1. The number of nitrogens with zero attached hydrogens (tertiary/aromatic N) is 4. The second-order valence-corrected chi connectivity index (χ2v) is 7.64. The van der Waals surface area contributed by atoms with Crippen LogP contribution in [0.5, 0.6) is 5.75 Å². The van der Waals surface area contributed by atoms with Gasteiger partial charge in [-0.2, -0.15) is 4.68 Å². The molecule has 2 aromatic heterocycles. The molecule has 4 rings (SSSR count). The molecule has 1 aliphatic rings. The van der Waals surface area contributed by atoms with Crippen LogP contribution in [0.25, 0.3) is 16.9 Å². The van der Waals surface area contributed by atoms with Crippen molar-refractivity contribution < 1.29 is 17.9 Å². The summed E-state index contributed by atoms with van der Waals surface area (Å²) in [7, 11) is 0. The summed E-state index contributed by atoms with van der Waals surface area (Å²) in [5.74, 6) is 0.621. The van der Waals surface area contributed by atoms with Gasteiger partial charge in [0.15, 0.2) is 5.65 Å². The molecule has 0 amide bonds. The number of hydrogen-bond acceptors (Lipinski definition) is 6. The van der Waals surface area contributed by atoms with Crippen LogP contribution in [0.4, 0.5) is 19.0 Å². The van der Waals surface area contributed by atoms with E-state index in [2.05, 4.69) is 37.6 Å². The first-order valence-corrected chi connectivity index (χ1v) is 9.93. The predicted molar refractivity (Wildman–Crippen MR) is 107 cm³/mol. The molecule has 0 aliphatic carbocycles. The quantitative estimate of drug-likeness (QED) is 0.620. The van der Waals surface area contributed by atoms with E-state index in [-0.39, 0.29) is 11.8 Å².